The van der Waals surface area contributed by atoms with Gasteiger partial charge in [-0.15, -0.1) is 10.2 Å². The summed E-state index contributed by atoms with van der Waals surface area (Å²) in [4.78, 5) is 6.80. The summed E-state index contributed by atoms with van der Waals surface area (Å²) < 4.78 is 2.07. The van der Waals surface area contributed by atoms with Crippen molar-refractivity contribution >= 4 is 11.6 Å². The molecule has 7 heteroatoms. The molecule has 0 spiro atoms. The lowest BCUT2D eigenvalue weighted by Crippen LogP contribution is -2.46. The normalized spacial score (nSPS) is 15.0. The zero-order valence-electron chi connectivity index (χ0n) is 15.9. The van der Waals surface area contributed by atoms with Gasteiger partial charge in [0.1, 0.15) is 12.2 Å². The van der Waals surface area contributed by atoms with Gasteiger partial charge < -0.3 is 20.1 Å². The molecule has 1 aromatic carbocycles. The minimum atomic E-state index is 0.404. The van der Waals surface area contributed by atoms with Crippen molar-refractivity contribution in [1.82, 2.24) is 25.4 Å². The Hall–Kier alpha value is -2.57. The van der Waals surface area contributed by atoms with Gasteiger partial charge in [-0.25, -0.2) is 0 Å². The van der Waals surface area contributed by atoms with E-state index in [9.17, 15) is 0 Å². The van der Waals surface area contributed by atoms with E-state index in [4.69, 9.17) is 0 Å². The number of hydrogen-bond donors (Lipinski definition) is 2. The van der Waals surface area contributed by atoms with Crippen LogP contribution in [0.4, 0.5) is 5.69 Å². The second-order valence-electron chi connectivity index (χ2n) is 6.60. The highest BCUT2D eigenvalue weighted by Gasteiger charge is 2.22. The molecule has 1 unspecified atom stereocenters. The zero-order chi connectivity index (χ0) is 18.4. The highest BCUT2D eigenvalue weighted by molar-refractivity contribution is 5.79. The maximum Gasteiger partial charge on any atom is 0.191 e. The van der Waals surface area contributed by atoms with Crippen LogP contribution in [0.5, 0.6) is 0 Å². The number of fused-ring (bicyclic) bond motifs is 1. The van der Waals surface area contributed by atoms with Crippen molar-refractivity contribution in [2.75, 3.05) is 31.6 Å². The van der Waals surface area contributed by atoms with E-state index < -0.39 is 0 Å². The average molecular weight is 355 g/mol. The molecular weight excluding hydrogens is 326 g/mol. The quantitative estimate of drug-likeness (QED) is 0.581. The average Bonchev–Trinajstić information content (AvgIpc) is 3.30. The van der Waals surface area contributed by atoms with Gasteiger partial charge >= 0.3 is 0 Å². The van der Waals surface area contributed by atoms with Gasteiger partial charge in [-0.1, -0.05) is 25.1 Å². The molecule has 0 saturated carbocycles. The van der Waals surface area contributed by atoms with E-state index in [-0.39, 0.29) is 0 Å². The first kappa shape index (κ1) is 18.2. The molecule has 0 amide bonds. The van der Waals surface area contributed by atoms with Gasteiger partial charge in [0.15, 0.2) is 5.96 Å². The number of aliphatic imine (C=N–C) groups is 1. The molecule has 2 N–H and O–H groups in total. The summed E-state index contributed by atoms with van der Waals surface area (Å²) in [7, 11) is 1.81. The number of rotatable bonds is 7. The predicted molar refractivity (Wildman–Crippen MR) is 106 cm³/mol. The van der Waals surface area contributed by atoms with Crippen LogP contribution < -0.4 is 15.5 Å². The lowest BCUT2D eigenvalue weighted by Gasteiger charge is -2.28. The summed E-state index contributed by atoms with van der Waals surface area (Å²) in [5.74, 6) is 1.84. The number of benzene rings is 1. The van der Waals surface area contributed by atoms with Crippen LogP contribution in [-0.2, 0) is 19.4 Å². The van der Waals surface area contributed by atoms with Crippen LogP contribution in [0.15, 0.2) is 35.6 Å². The van der Waals surface area contributed by atoms with E-state index in [1.807, 2.05) is 0 Å². The van der Waals surface area contributed by atoms with E-state index in [0.29, 0.717) is 6.04 Å². The molecule has 0 saturated heterocycles. The predicted octanol–water partition coefficient (Wildman–Crippen LogP) is 1.46. The smallest absolute Gasteiger partial charge is 0.191 e. The van der Waals surface area contributed by atoms with E-state index >= 15 is 0 Å². The largest absolute Gasteiger partial charge is 0.366 e. The Balaban J connectivity index is 1.45. The molecule has 140 valence electrons. The van der Waals surface area contributed by atoms with Crippen molar-refractivity contribution in [3.05, 3.63) is 42.0 Å². The molecule has 26 heavy (non-hydrogen) atoms. The van der Waals surface area contributed by atoms with Gasteiger partial charge in [0.25, 0.3) is 0 Å². The van der Waals surface area contributed by atoms with Crippen LogP contribution in [0.1, 0.15) is 25.2 Å². The van der Waals surface area contributed by atoms with E-state index in [0.717, 1.165) is 50.8 Å². The number of nitrogens with one attached hydrogen (secondary N) is 2. The number of guanidine groups is 1. The number of aryl methyl sites for hydroxylation is 1. The third-order valence-electron chi connectivity index (χ3n) is 4.90. The summed E-state index contributed by atoms with van der Waals surface area (Å²) in [6.07, 6.45) is 3.80. The highest BCUT2D eigenvalue weighted by Crippen LogP contribution is 2.28. The fraction of sp³-hybridized carbons (Fsp3) is 0.526. The van der Waals surface area contributed by atoms with E-state index in [2.05, 4.69) is 73.4 Å². The molecule has 0 bridgehead atoms. The van der Waals surface area contributed by atoms with Gasteiger partial charge in [-0.05, 0) is 25.0 Å². The first-order chi connectivity index (χ1) is 12.7. The van der Waals surface area contributed by atoms with Crippen LogP contribution in [-0.4, -0.2) is 53.4 Å². The Morgan fingerprint density at radius 2 is 2.15 bits per heavy atom. The Morgan fingerprint density at radius 1 is 1.31 bits per heavy atom. The Labute approximate surface area is 155 Å². The molecule has 0 aliphatic carbocycles. The lowest BCUT2D eigenvalue weighted by atomic mass is 10.2. The molecule has 2 heterocycles. The number of nitrogens with zero attached hydrogens (tertiary/aromatic N) is 5. The second kappa shape index (κ2) is 8.69. The lowest BCUT2D eigenvalue weighted by molar-refractivity contribution is 0.609. The SMILES string of the molecule is CCc1nncn1CCNC(=NC)NCC(C)N1CCc2ccccc21. The minimum absolute atomic E-state index is 0.404. The maximum absolute atomic E-state index is 4.33. The number of aromatic nitrogens is 3. The second-order valence-corrected chi connectivity index (χ2v) is 6.60. The molecular formula is C19H29N7. The van der Waals surface area contributed by atoms with Gasteiger partial charge in [0.2, 0.25) is 0 Å². The summed E-state index contributed by atoms with van der Waals surface area (Å²) in [6, 6.07) is 9.09. The Bertz CT molecular complexity index is 737. The zero-order valence-corrected chi connectivity index (χ0v) is 15.9. The molecule has 7 nitrogen and oxygen atoms in total. The number of para-hydroxylation sites is 1. The molecule has 0 fully saturated rings. The fourth-order valence-corrected chi connectivity index (χ4v) is 3.43. The summed E-state index contributed by atoms with van der Waals surface area (Å²) in [5.41, 5.74) is 2.81. The van der Waals surface area contributed by atoms with E-state index in [1.54, 1.807) is 13.4 Å². The number of hydrogen-bond acceptors (Lipinski definition) is 4. The fourth-order valence-electron chi connectivity index (χ4n) is 3.43. The number of anilines is 1. The van der Waals surface area contributed by atoms with Crippen LogP contribution in [0, 0.1) is 0 Å². The van der Waals surface area contributed by atoms with Crippen molar-refractivity contribution in [3.8, 4) is 0 Å². The standard InChI is InChI=1S/C19H29N7/c1-4-18-24-23-14-25(18)12-10-21-19(20-3)22-13-15(2)26-11-9-16-7-5-6-8-17(16)26/h5-8,14-15H,4,9-13H2,1-3H3,(H2,20,21,22). The van der Waals surface area contributed by atoms with Gasteiger partial charge in [-0.2, -0.15) is 0 Å². The molecule has 2 aromatic rings. The van der Waals surface area contributed by atoms with Gasteiger partial charge in [0, 0.05) is 51.4 Å². The first-order valence-corrected chi connectivity index (χ1v) is 9.38. The minimum Gasteiger partial charge on any atom is -0.366 e. The van der Waals surface area contributed by atoms with Crippen molar-refractivity contribution in [3.63, 3.8) is 0 Å². The molecule has 1 atom stereocenters. The van der Waals surface area contributed by atoms with Crippen LogP contribution in [0.25, 0.3) is 0 Å². The molecule has 1 aliphatic heterocycles. The van der Waals surface area contributed by atoms with Crippen LogP contribution in [0.3, 0.4) is 0 Å². The molecule has 0 radical (unpaired) electrons. The molecule has 1 aromatic heterocycles. The van der Waals surface area contributed by atoms with Crippen molar-refractivity contribution in [2.24, 2.45) is 4.99 Å². The topological polar surface area (TPSA) is 70.4 Å². The van der Waals surface area contributed by atoms with Crippen molar-refractivity contribution in [1.29, 1.82) is 0 Å². The third-order valence-corrected chi connectivity index (χ3v) is 4.90. The molecule has 1 aliphatic rings. The summed E-state index contributed by atoms with van der Waals surface area (Å²) in [6.45, 7) is 7.89. The Morgan fingerprint density at radius 3 is 2.96 bits per heavy atom. The first-order valence-electron chi connectivity index (χ1n) is 9.38. The summed E-state index contributed by atoms with van der Waals surface area (Å²) in [5, 5.41) is 14.9. The van der Waals surface area contributed by atoms with Crippen LogP contribution >= 0.6 is 0 Å². The monoisotopic (exact) mass is 355 g/mol. The maximum atomic E-state index is 4.33. The highest BCUT2D eigenvalue weighted by atomic mass is 15.3. The molecule has 3 rings (SSSR count). The third kappa shape index (κ3) is 4.15. The summed E-state index contributed by atoms with van der Waals surface area (Å²) >= 11 is 0. The van der Waals surface area contributed by atoms with Gasteiger partial charge in [0.05, 0.1) is 0 Å². The van der Waals surface area contributed by atoms with Crippen molar-refractivity contribution < 1.29 is 0 Å². The van der Waals surface area contributed by atoms with E-state index in [1.165, 1.54) is 11.3 Å². The van der Waals surface area contributed by atoms with Crippen molar-refractivity contribution in [2.45, 2.75) is 39.3 Å². The Kier molecular flexibility index (Phi) is 6.09. The van der Waals surface area contributed by atoms with Gasteiger partial charge in [-0.3, -0.25) is 4.99 Å². The van der Waals surface area contributed by atoms with Crippen LogP contribution in [0.2, 0.25) is 0 Å².